The van der Waals surface area contributed by atoms with Crippen LogP contribution >= 0.6 is 0 Å². The van der Waals surface area contributed by atoms with Gasteiger partial charge in [0.25, 0.3) is 0 Å². The van der Waals surface area contributed by atoms with E-state index in [9.17, 15) is 0 Å². The lowest BCUT2D eigenvalue weighted by Gasteiger charge is -1.97. The second-order valence-corrected chi connectivity index (χ2v) is 3.07. The third-order valence-electron chi connectivity index (χ3n) is 1.92. The molecular weight excluding hydrogens is 192 g/mol. The molecule has 2 aromatic heterocycles. The van der Waals surface area contributed by atoms with Gasteiger partial charge in [0.2, 0.25) is 0 Å². The third kappa shape index (κ3) is 1.69. The normalized spacial score (nSPS) is 10.2. The number of nitrogens with two attached hydrogens (primary N) is 1. The molecule has 0 aliphatic carbocycles. The van der Waals surface area contributed by atoms with E-state index in [0.29, 0.717) is 17.0 Å². The van der Waals surface area contributed by atoms with Crippen molar-refractivity contribution in [3.05, 3.63) is 30.4 Å². The number of nitrogen functional groups attached to an aromatic ring is 1. The minimum absolute atomic E-state index is 0.0243. The minimum Gasteiger partial charge on any atom is -0.384 e. The maximum absolute atomic E-state index is 7.42. The molecule has 2 rings (SSSR count). The number of hydrogen-bond acceptors (Lipinski definition) is 4. The van der Waals surface area contributed by atoms with Crippen molar-refractivity contribution in [2.24, 2.45) is 12.8 Å². The van der Waals surface area contributed by atoms with Crippen LogP contribution in [0.25, 0.3) is 11.4 Å². The molecule has 3 N–H and O–H groups in total. The van der Waals surface area contributed by atoms with E-state index in [1.165, 1.54) is 0 Å². The van der Waals surface area contributed by atoms with Crippen molar-refractivity contribution in [2.75, 3.05) is 0 Å². The fraction of sp³-hybridized carbons (Fsp3) is 0.111. The molecule has 0 atom stereocenters. The first-order valence-electron chi connectivity index (χ1n) is 4.33. The van der Waals surface area contributed by atoms with Crippen LogP contribution in [0, 0.1) is 5.41 Å². The van der Waals surface area contributed by atoms with Crippen LogP contribution in [0.2, 0.25) is 0 Å². The van der Waals surface area contributed by atoms with Crippen molar-refractivity contribution in [1.82, 2.24) is 19.7 Å². The van der Waals surface area contributed by atoms with Crippen LogP contribution in [0.4, 0.5) is 0 Å². The average molecular weight is 202 g/mol. The number of aryl methyl sites for hydroxylation is 1. The van der Waals surface area contributed by atoms with Crippen molar-refractivity contribution >= 4 is 5.84 Å². The van der Waals surface area contributed by atoms with Gasteiger partial charge in [0.05, 0.1) is 11.8 Å². The van der Waals surface area contributed by atoms with Crippen LogP contribution in [0.15, 0.2) is 24.8 Å². The van der Waals surface area contributed by atoms with Gasteiger partial charge in [-0.25, -0.2) is 0 Å². The van der Waals surface area contributed by atoms with Crippen LogP contribution < -0.4 is 5.73 Å². The molecule has 2 aromatic rings. The Hall–Kier alpha value is -2.24. The summed E-state index contributed by atoms with van der Waals surface area (Å²) < 4.78 is 1.60. The predicted molar refractivity (Wildman–Crippen MR) is 55.3 cm³/mol. The molecule has 0 aliphatic rings. The Balaban J connectivity index is 2.58. The first-order valence-corrected chi connectivity index (χ1v) is 4.33. The Kier molecular flexibility index (Phi) is 2.17. The summed E-state index contributed by atoms with van der Waals surface area (Å²) in [6.45, 7) is 0. The Morgan fingerprint density at radius 2 is 2.27 bits per heavy atom. The van der Waals surface area contributed by atoms with Gasteiger partial charge in [-0.05, 0) is 0 Å². The first-order chi connectivity index (χ1) is 7.18. The van der Waals surface area contributed by atoms with Gasteiger partial charge in [-0.15, -0.1) is 0 Å². The predicted octanol–water partition coefficient (Wildman–Crippen LogP) is 0.161. The molecule has 2 heterocycles. The molecule has 6 nitrogen and oxygen atoms in total. The van der Waals surface area contributed by atoms with Crippen molar-refractivity contribution < 1.29 is 0 Å². The van der Waals surface area contributed by atoms with E-state index in [2.05, 4.69) is 15.1 Å². The van der Waals surface area contributed by atoms with Gasteiger partial charge >= 0.3 is 0 Å². The molecule has 6 heteroatoms. The number of nitrogens with zero attached hydrogens (tertiary/aromatic N) is 4. The van der Waals surface area contributed by atoms with E-state index in [0.717, 1.165) is 0 Å². The summed E-state index contributed by atoms with van der Waals surface area (Å²) in [5.74, 6) is -0.0243. The summed E-state index contributed by atoms with van der Waals surface area (Å²) in [6.07, 6.45) is 6.44. The molecule has 0 aromatic carbocycles. The molecule has 0 amide bonds. The summed E-state index contributed by atoms with van der Waals surface area (Å²) in [5.41, 5.74) is 7.21. The standard InChI is InChI=1S/C9H10N6/c1-15-5-6(9(10)11)8(14-15)7-4-12-2-3-13-7/h2-5H,1H3,(H3,10,11). The highest BCUT2D eigenvalue weighted by Crippen LogP contribution is 2.17. The Labute approximate surface area is 86.3 Å². The van der Waals surface area contributed by atoms with Crippen LogP contribution in [0.1, 0.15) is 5.56 Å². The topological polar surface area (TPSA) is 93.5 Å². The number of hydrogen-bond donors (Lipinski definition) is 2. The highest BCUT2D eigenvalue weighted by molar-refractivity contribution is 5.99. The molecule has 0 fully saturated rings. The van der Waals surface area contributed by atoms with Gasteiger partial charge in [-0.2, -0.15) is 5.10 Å². The van der Waals surface area contributed by atoms with E-state index < -0.39 is 0 Å². The number of nitrogens with one attached hydrogen (secondary N) is 1. The van der Waals surface area contributed by atoms with Crippen LogP contribution in [-0.2, 0) is 7.05 Å². The molecule has 0 saturated carbocycles. The highest BCUT2D eigenvalue weighted by Gasteiger charge is 2.13. The zero-order chi connectivity index (χ0) is 10.8. The van der Waals surface area contributed by atoms with E-state index >= 15 is 0 Å². The SMILES string of the molecule is Cn1cc(C(=N)N)c(-c2cnccn2)n1. The maximum atomic E-state index is 7.42. The molecule has 0 spiro atoms. The molecule has 0 bridgehead atoms. The monoisotopic (exact) mass is 202 g/mol. The second kappa shape index (κ2) is 3.49. The zero-order valence-electron chi connectivity index (χ0n) is 8.18. The van der Waals surface area contributed by atoms with E-state index in [1.807, 2.05) is 0 Å². The van der Waals surface area contributed by atoms with Gasteiger partial charge in [-0.3, -0.25) is 20.1 Å². The lowest BCUT2D eigenvalue weighted by atomic mass is 10.2. The van der Waals surface area contributed by atoms with Gasteiger partial charge < -0.3 is 5.73 Å². The zero-order valence-corrected chi connectivity index (χ0v) is 8.18. The Bertz CT molecular complexity index is 487. The van der Waals surface area contributed by atoms with E-state index in [-0.39, 0.29) is 5.84 Å². The summed E-state index contributed by atoms with van der Waals surface area (Å²) >= 11 is 0. The largest absolute Gasteiger partial charge is 0.384 e. The fourth-order valence-corrected chi connectivity index (χ4v) is 1.30. The van der Waals surface area contributed by atoms with Crippen LogP contribution in [0.3, 0.4) is 0 Å². The Morgan fingerprint density at radius 3 is 2.87 bits per heavy atom. The molecule has 76 valence electrons. The third-order valence-corrected chi connectivity index (χ3v) is 1.92. The molecule has 0 saturated heterocycles. The lowest BCUT2D eigenvalue weighted by molar-refractivity contribution is 0.769. The second-order valence-electron chi connectivity index (χ2n) is 3.07. The maximum Gasteiger partial charge on any atom is 0.126 e. The smallest absolute Gasteiger partial charge is 0.126 e. The van der Waals surface area contributed by atoms with Crippen molar-refractivity contribution in [2.45, 2.75) is 0 Å². The van der Waals surface area contributed by atoms with Crippen LogP contribution in [-0.4, -0.2) is 25.6 Å². The first kappa shape index (κ1) is 9.32. The fourth-order valence-electron chi connectivity index (χ4n) is 1.30. The summed E-state index contributed by atoms with van der Waals surface area (Å²) in [4.78, 5) is 8.06. The van der Waals surface area contributed by atoms with Gasteiger partial charge in [0, 0.05) is 25.6 Å². The van der Waals surface area contributed by atoms with Gasteiger partial charge in [0.15, 0.2) is 0 Å². The summed E-state index contributed by atoms with van der Waals surface area (Å²) in [7, 11) is 1.77. The van der Waals surface area contributed by atoms with Crippen molar-refractivity contribution in [3.63, 3.8) is 0 Å². The van der Waals surface area contributed by atoms with E-state index in [1.54, 1.807) is 36.5 Å². The molecular formula is C9H10N6. The van der Waals surface area contributed by atoms with Crippen molar-refractivity contribution in [1.29, 1.82) is 5.41 Å². The van der Waals surface area contributed by atoms with Gasteiger partial charge in [-0.1, -0.05) is 0 Å². The number of rotatable bonds is 2. The molecule has 15 heavy (non-hydrogen) atoms. The lowest BCUT2D eigenvalue weighted by Crippen LogP contribution is -2.11. The summed E-state index contributed by atoms with van der Waals surface area (Å²) in [5, 5.41) is 11.6. The molecule has 0 unspecified atom stereocenters. The van der Waals surface area contributed by atoms with Crippen molar-refractivity contribution in [3.8, 4) is 11.4 Å². The molecule has 0 aliphatic heterocycles. The molecule has 0 radical (unpaired) electrons. The Morgan fingerprint density at radius 1 is 1.47 bits per heavy atom. The number of aromatic nitrogens is 4. The van der Waals surface area contributed by atoms with E-state index in [4.69, 9.17) is 11.1 Å². The number of amidine groups is 1. The average Bonchev–Trinajstić information content (AvgIpc) is 2.62. The van der Waals surface area contributed by atoms with Gasteiger partial charge in [0.1, 0.15) is 17.2 Å². The summed E-state index contributed by atoms with van der Waals surface area (Å²) in [6, 6.07) is 0. The highest BCUT2D eigenvalue weighted by atomic mass is 15.3. The minimum atomic E-state index is -0.0243. The quantitative estimate of drug-likeness (QED) is 0.536. The van der Waals surface area contributed by atoms with Crippen LogP contribution in [0.5, 0.6) is 0 Å².